The third-order valence-electron chi connectivity index (χ3n) is 3.92. The van der Waals surface area contributed by atoms with Gasteiger partial charge < -0.3 is 0 Å². The third-order valence-corrected chi connectivity index (χ3v) is 4.30. The maximum Gasteiger partial charge on any atom is 0.283 e. The van der Waals surface area contributed by atoms with Crippen LogP contribution in [0.1, 0.15) is 35.4 Å². The Kier molecular flexibility index (Phi) is 6.16. The average Bonchev–Trinajstić information content (AvgIpc) is 3.20. The Morgan fingerprint density at radius 1 is 1.14 bits per heavy atom. The molecule has 0 radical (unpaired) electrons. The summed E-state index contributed by atoms with van der Waals surface area (Å²) in [6, 6.07) is 7.73. The van der Waals surface area contributed by atoms with E-state index in [0.29, 0.717) is 11.2 Å². The zero-order valence-corrected chi connectivity index (χ0v) is 15.7. The second-order valence-electron chi connectivity index (χ2n) is 6.14. The predicted molar refractivity (Wildman–Crippen MR) is 96.1 cm³/mol. The first-order valence-corrected chi connectivity index (χ1v) is 8.69. The summed E-state index contributed by atoms with van der Waals surface area (Å²) < 4.78 is 53.9. The summed E-state index contributed by atoms with van der Waals surface area (Å²) in [5, 5.41) is 8.85. The maximum absolute atomic E-state index is 13.1. The number of aryl methyl sites for hydroxylation is 1. The van der Waals surface area contributed by atoms with Crippen LogP contribution in [0.2, 0.25) is 5.02 Å². The Morgan fingerprint density at radius 2 is 1.83 bits per heavy atom. The number of nitrogens with zero attached hydrogens (tertiary/aromatic N) is 5. The van der Waals surface area contributed by atoms with Gasteiger partial charge in [0.05, 0.1) is 11.6 Å². The minimum Gasteiger partial charge on any atom is -0.292 e. The molecule has 3 rings (SSSR count). The van der Waals surface area contributed by atoms with E-state index in [1.807, 2.05) is 31.2 Å². The van der Waals surface area contributed by atoms with Crippen LogP contribution in [0.15, 0.2) is 30.6 Å². The molecule has 7 nitrogen and oxygen atoms in total. The van der Waals surface area contributed by atoms with Gasteiger partial charge in [0.15, 0.2) is 0 Å². The van der Waals surface area contributed by atoms with Crippen molar-refractivity contribution in [1.82, 2.24) is 24.5 Å². The van der Waals surface area contributed by atoms with Gasteiger partial charge in [-0.1, -0.05) is 41.4 Å². The van der Waals surface area contributed by atoms with Crippen molar-refractivity contribution in [3.63, 3.8) is 0 Å². The zero-order valence-electron chi connectivity index (χ0n) is 15.0. The molecule has 154 valence electrons. The van der Waals surface area contributed by atoms with Crippen LogP contribution in [-0.4, -0.2) is 30.5 Å². The largest absolute Gasteiger partial charge is 0.292 e. The summed E-state index contributed by atoms with van der Waals surface area (Å²) in [5.74, 6) is -0.881. The Labute approximate surface area is 167 Å². The fourth-order valence-electron chi connectivity index (χ4n) is 2.55. The Bertz CT molecular complexity index is 1000. The zero-order chi connectivity index (χ0) is 21.1. The Hall–Kier alpha value is -2.95. The van der Waals surface area contributed by atoms with Gasteiger partial charge in [-0.25, -0.2) is 27.2 Å². The van der Waals surface area contributed by atoms with Gasteiger partial charge in [-0.3, -0.25) is 14.8 Å². The Morgan fingerprint density at radius 3 is 2.45 bits per heavy atom. The van der Waals surface area contributed by atoms with E-state index in [-0.39, 0.29) is 5.95 Å². The lowest BCUT2D eigenvalue weighted by atomic mass is 10.1. The van der Waals surface area contributed by atoms with Gasteiger partial charge in [0.25, 0.3) is 12.9 Å². The van der Waals surface area contributed by atoms with Crippen molar-refractivity contribution in [2.75, 3.05) is 5.32 Å². The van der Waals surface area contributed by atoms with E-state index in [2.05, 4.69) is 20.5 Å². The van der Waals surface area contributed by atoms with Crippen molar-refractivity contribution in [3.8, 4) is 0 Å². The highest BCUT2D eigenvalue weighted by Gasteiger charge is 2.28. The highest BCUT2D eigenvalue weighted by Crippen LogP contribution is 2.34. The number of carbonyl (C=O) groups excluding carboxylic acids is 1. The molecule has 0 aliphatic carbocycles. The quantitative estimate of drug-likeness (QED) is 0.575. The minimum atomic E-state index is -3.18. The van der Waals surface area contributed by atoms with Crippen LogP contribution in [0.5, 0.6) is 0 Å². The number of hydrogen-bond acceptors (Lipinski definition) is 4. The van der Waals surface area contributed by atoms with Crippen LogP contribution in [0.3, 0.4) is 0 Å². The van der Waals surface area contributed by atoms with Gasteiger partial charge in [-0.15, -0.1) is 5.10 Å². The number of rotatable bonds is 7. The Balaban J connectivity index is 1.68. The molecule has 1 N–H and O–H groups in total. The van der Waals surface area contributed by atoms with Crippen LogP contribution in [0.4, 0.5) is 23.5 Å². The lowest BCUT2D eigenvalue weighted by Gasteiger charge is -2.06. The molecule has 12 heteroatoms. The highest BCUT2D eigenvalue weighted by molar-refractivity contribution is 6.32. The smallest absolute Gasteiger partial charge is 0.283 e. The molecule has 0 aliphatic rings. The molecular weight excluding hydrogens is 416 g/mol. The van der Waals surface area contributed by atoms with Gasteiger partial charge in [0.1, 0.15) is 24.3 Å². The fraction of sp³-hybridized carbons (Fsp3) is 0.294. The molecule has 0 unspecified atom stereocenters. The number of halogens is 5. The summed E-state index contributed by atoms with van der Waals surface area (Å²) in [6.45, 7) is 1.62. The number of amides is 1. The van der Waals surface area contributed by atoms with E-state index in [9.17, 15) is 22.4 Å². The molecule has 29 heavy (non-hydrogen) atoms. The molecule has 2 heterocycles. The first-order valence-electron chi connectivity index (χ1n) is 8.32. The first kappa shape index (κ1) is 20.8. The van der Waals surface area contributed by atoms with Crippen molar-refractivity contribution in [1.29, 1.82) is 0 Å². The third kappa shape index (κ3) is 4.91. The van der Waals surface area contributed by atoms with Crippen molar-refractivity contribution in [2.24, 2.45) is 0 Å². The second-order valence-corrected chi connectivity index (χ2v) is 6.52. The minimum absolute atomic E-state index is 0.0620. The molecule has 0 atom stereocenters. The molecule has 2 aromatic heterocycles. The van der Waals surface area contributed by atoms with Gasteiger partial charge in [-0.05, 0) is 12.5 Å². The van der Waals surface area contributed by atoms with E-state index >= 15 is 0 Å². The summed E-state index contributed by atoms with van der Waals surface area (Å²) >= 11 is 5.55. The van der Waals surface area contributed by atoms with Crippen molar-refractivity contribution >= 4 is 23.5 Å². The maximum atomic E-state index is 13.1. The molecule has 0 aliphatic heterocycles. The van der Waals surface area contributed by atoms with Crippen LogP contribution >= 0.6 is 11.6 Å². The molecule has 0 spiro atoms. The lowest BCUT2D eigenvalue weighted by molar-refractivity contribution is -0.117. The van der Waals surface area contributed by atoms with E-state index < -0.39 is 41.7 Å². The molecule has 0 bridgehead atoms. The number of carbonyl (C=O) groups is 1. The van der Waals surface area contributed by atoms with E-state index in [4.69, 9.17) is 11.6 Å². The summed E-state index contributed by atoms with van der Waals surface area (Å²) in [5.41, 5.74) is 0.119. The van der Waals surface area contributed by atoms with E-state index in [1.165, 1.54) is 11.0 Å². The van der Waals surface area contributed by atoms with Gasteiger partial charge in [0, 0.05) is 0 Å². The second kappa shape index (κ2) is 8.60. The fourth-order valence-corrected chi connectivity index (χ4v) is 2.85. The number of benzene rings is 1. The molecule has 3 aromatic rings. The van der Waals surface area contributed by atoms with Crippen molar-refractivity contribution in [2.45, 2.75) is 32.9 Å². The number of aromatic nitrogens is 5. The molecule has 1 aromatic carbocycles. The highest BCUT2D eigenvalue weighted by atomic mass is 35.5. The summed E-state index contributed by atoms with van der Waals surface area (Å²) in [6.07, 6.45) is -4.94. The first-order chi connectivity index (χ1) is 13.7. The van der Waals surface area contributed by atoms with Crippen LogP contribution < -0.4 is 5.32 Å². The number of alkyl halides is 4. The van der Waals surface area contributed by atoms with Crippen LogP contribution in [0, 0.1) is 6.92 Å². The SMILES string of the molecule is Cc1ccc(Cn2cnc(NC(=O)Cn3nc(C(F)F)c(Cl)c3C(F)F)n2)cc1. The van der Waals surface area contributed by atoms with E-state index in [1.54, 1.807) is 0 Å². The summed E-state index contributed by atoms with van der Waals surface area (Å²) in [7, 11) is 0. The standard InChI is InChI=1S/C17H15ClF4N6O/c1-9-2-4-10(5-3-9)6-27-8-23-17(26-27)24-11(29)7-28-14(16(21)22)12(18)13(25-28)15(19)20/h2-5,8,15-16H,6-7H2,1H3,(H,24,26,29). The predicted octanol–water partition coefficient (Wildman–Crippen LogP) is 4.00. The van der Waals surface area contributed by atoms with Gasteiger partial charge >= 0.3 is 0 Å². The van der Waals surface area contributed by atoms with Gasteiger partial charge in [-0.2, -0.15) is 5.10 Å². The monoisotopic (exact) mass is 430 g/mol. The molecule has 0 saturated carbocycles. The van der Waals surface area contributed by atoms with E-state index in [0.717, 1.165) is 11.1 Å². The number of anilines is 1. The molecular formula is C17H15ClF4N6O. The number of hydrogen-bond donors (Lipinski definition) is 1. The summed E-state index contributed by atoms with van der Waals surface area (Å²) in [4.78, 5) is 16.0. The normalized spacial score (nSPS) is 11.4. The van der Waals surface area contributed by atoms with Crippen LogP contribution in [0.25, 0.3) is 0 Å². The lowest BCUT2D eigenvalue weighted by Crippen LogP contribution is -2.22. The molecule has 0 fully saturated rings. The van der Waals surface area contributed by atoms with Crippen molar-refractivity contribution in [3.05, 3.63) is 58.1 Å². The van der Waals surface area contributed by atoms with Crippen molar-refractivity contribution < 1.29 is 22.4 Å². The van der Waals surface area contributed by atoms with Crippen LogP contribution in [-0.2, 0) is 17.9 Å². The molecule has 1 amide bonds. The average molecular weight is 431 g/mol. The van der Waals surface area contributed by atoms with Gasteiger partial charge in [0.2, 0.25) is 11.9 Å². The number of nitrogens with one attached hydrogen (secondary N) is 1. The molecule has 0 saturated heterocycles. The topological polar surface area (TPSA) is 77.6 Å².